The first kappa shape index (κ1) is 17.1. The molecule has 24 heavy (non-hydrogen) atoms. The molecule has 3 fully saturated rings. The Bertz CT molecular complexity index is 588. The molecular formula is C19H23NO4. The number of carbonyl (C=O) groups excluding carboxylic acids is 1. The van der Waals surface area contributed by atoms with E-state index in [1.807, 2.05) is 30.3 Å². The summed E-state index contributed by atoms with van der Waals surface area (Å²) in [5.74, 6) is 0.0435. The molecule has 1 aromatic carbocycles. The summed E-state index contributed by atoms with van der Waals surface area (Å²) in [5.41, 5.74) is 1.14. The fraction of sp³-hybridized carbons (Fsp3) is 0.526. The highest BCUT2D eigenvalue weighted by Crippen LogP contribution is 2.44. The van der Waals surface area contributed by atoms with Crippen molar-refractivity contribution in [2.24, 2.45) is 5.92 Å². The van der Waals surface area contributed by atoms with Gasteiger partial charge in [-0.25, -0.2) is 0 Å². The van der Waals surface area contributed by atoms with Crippen molar-refractivity contribution in [3.05, 3.63) is 59.0 Å². The van der Waals surface area contributed by atoms with Crippen molar-refractivity contribution in [2.45, 2.75) is 56.6 Å². The Kier molecular flexibility index (Phi) is 5.29. The fourth-order valence-corrected chi connectivity index (χ4v) is 3.95. The minimum absolute atomic E-state index is 0.00815. The third kappa shape index (κ3) is 3.51. The molecule has 2 bridgehead atoms. The normalized spacial score (nSPS) is 27.8. The van der Waals surface area contributed by atoms with Crippen LogP contribution < -0.4 is 0 Å². The van der Waals surface area contributed by atoms with E-state index in [-0.39, 0.29) is 22.5 Å². The SMILES string of the molecule is [CH2]CCC(CC(=O)[C]1OC2CCC1CC2[N+](=O)[O-])c1ccccc1. The molecule has 2 heterocycles. The summed E-state index contributed by atoms with van der Waals surface area (Å²) in [5, 5.41) is 11.1. The number of fused-ring (bicyclic) bond motifs is 3. The van der Waals surface area contributed by atoms with Crippen molar-refractivity contribution in [1.29, 1.82) is 0 Å². The highest BCUT2D eigenvalue weighted by molar-refractivity contribution is 5.91. The maximum Gasteiger partial charge on any atom is 0.239 e. The average molecular weight is 329 g/mol. The zero-order chi connectivity index (χ0) is 17.1. The molecule has 4 atom stereocenters. The lowest BCUT2D eigenvalue weighted by Crippen LogP contribution is -2.51. The molecule has 0 N–H and O–H groups in total. The van der Waals surface area contributed by atoms with E-state index in [9.17, 15) is 14.9 Å². The number of ether oxygens (including phenoxy) is 1. The van der Waals surface area contributed by atoms with Gasteiger partial charge in [-0.3, -0.25) is 14.9 Å². The van der Waals surface area contributed by atoms with Crippen LogP contribution in [0.4, 0.5) is 0 Å². The zero-order valence-corrected chi connectivity index (χ0v) is 13.7. The molecule has 5 nitrogen and oxygen atoms in total. The molecule has 2 aliphatic heterocycles. The molecule has 3 aliphatic rings. The second kappa shape index (κ2) is 7.43. The molecule has 2 saturated heterocycles. The van der Waals surface area contributed by atoms with E-state index >= 15 is 0 Å². The molecule has 0 amide bonds. The van der Waals surface area contributed by atoms with Gasteiger partial charge in [0.05, 0.1) is 0 Å². The smallest absolute Gasteiger partial charge is 0.239 e. The molecule has 4 rings (SSSR count). The van der Waals surface area contributed by atoms with Crippen LogP contribution in [0.2, 0.25) is 0 Å². The standard InChI is InChI=1S/C19H23NO4/c1-2-6-14(13-7-4-3-5-8-13)12-17(21)19-15-9-10-18(24-19)16(11-15)20(22)23/h3-5,7-8,14-16,18H,1-2,6,9-12H2. The Morgan fingerprint density at radius 1 is 1.33 bits per heavy atom. The molecule has 0 spiro atoms. The van der Waals surface area contributed by atoms with E-state index in [2.05, 4.69) is 6.92 Å². The van der Waals surface area contributed by atoms with E-state index in [1.165, 1.54) is 0 Å². The summed E-state index contributed by atoms with van der Waals surface area (Å²) >= 11 is 0. The maximum absolute atomic E-state index is 12.8. The van der Waals surface area contributed by atoms with E-state index < -0.39 is 12.1 Å². The van der Waals surface area contributed by atoms with Gasteiger partial charge in [-0.15, -0.1) is 0 Å². The van der Waals surface area contributed by atoms with Crippen LogP contribution in [0.3, 0.4) is 0 Å². The van der Waals surface area contributed by atoms with Gasteiger partial charge in [0.15, 0.2) is 11.9 Å². The molecular weight excluding hydrogens is 306 g/mol. The van der Waals surface area contributed by atoms with Gasteiger partial charge in [-0.2, -0.15) is 0 Å². The number of hydrogen-bond acceptors (Lipinski definition) is 4. The molecule has 2 radical (unpaired) electrons. The lowest BCUT2D eigenvalue weighted by molar-refractivity contribution is -0.545. The summed E-state index contributed by atoms with van der Waals surface area (Å²) in [4.78, 5) is 23.6. The van der Waals surface area contributed by atoms with Gasteiger partial charge in [0.25, 0.3) is 0 Å². The summed E-state index contributed by atoms with van der Waals surface area (Å²) < 4.78 is 5.75. The Morgan fingerprint density at radius 2 is 2.08 bits per heavy atom. The van der Waals surface area contributed by atoms with Crippen molar-refractivity contribution >= 4 is 5.78 Å². The first-order valence-electron chi connectivity index (χ1n) is 8.64. The molecule has 4 unspecified atom stereocenters. The van der Waals surface area contributed by atoms with Crippen molar-refractivity contribution in [3.63, 3.8) is 0 Å². The van der Waals surface area contributed by atoms with Crippen molar-refractivity contribution in [2.75, 3.05) is 0 Å². The van der Waals surface area contributed by atoms with E-state index in [0.29, 0.717) is 25.4 Å². The van der Waals surface area contributed by atoms with Gasteiger partial charge in [0.1, 0.15) is 6.10 Å². The predicted octanol–water partition coefficient (Wildman–Crippen LogP) is 3.72. The summed E-state index contributed by atoms with van der Waals surface area (Å²) in [7, 11) is 0. The summed E-state index contributed by atoms with van der Waals surface area (Å²) in [6.45, 7) is 3.91. The van der Waals surface area contributed by atoms with Crippen LogP contribution in [0.15, 0.2) is 30.3 Å². The summed E-state index contributed by atoms with van der Waals surface area (Å²) in [6, 6.07) is 9.32. The third-order valence-corrected chi connectivity index (χ3v) is 5.20. The second-order valence-electron chi connectivity index (χ2n) is 6.76. The molecule has 128 valence electrons. The quantitative estimate of drug-likeness (QED) is 0.565. The highest BCUT2D eigenvalue weighted by atomic mass is 16.6. The maximum atomic E-state index is 12.8. The van der Waals surface area contributed by atoms with E-state index in [4.69, 9.17) is 4.74 Å². The van der Waals surface area contributed by atoms with Crippen LogP contribution in [0, 0.1) is 29.1 Å². The number of nitro groups is 1. The number of Topliss-reactive ketones (excluding diaryl/α,β-unsaturated/α-hetero) is 1. The van der Waals surface area contributed by atoms with Crippen LogP contribution in [-0.4, -0.2) is 22.9 Å². The number of carbonyl (C=O) groups is 1. The molecule has 1 aliphatic carbocycles. The van der Waals surface area contributed by atoms with Crippen LogP contribution in [0.25, 0.3) is 0 Å². The number of hydrogen-bond donors (Lipinski definition) is 0. The van der Waals surface area contributed by atoms with Crippen molar-refractivity contribution in [1.82, 2.24) is 0 Å². The Balaban J connectivity index is 1.67. The van der Waals surface area contributed by atoms with Crippen LogP contribution in [0.1, 0.15) is 50.0 Å². The second-order valence-corrected chi connectivity index (χ2v) is 6.76. The number of nitrogens with zero attached hydrogens (tertiary/aromatic N) is 1. The molecule has 1 saturated carbocycles. The lowest BCUT2D eigenvalue weighted by atomic mass is 9.74. The van der Waals surface area contributed by atoms with Gasteiger partial charge in [0.2, 0.25) is 6.04 Å². The highest BCUT2D eigenvalue weighted by Gasteiger charge is 2.51. The van der Waals surface area contributed by atoms with Crippen molar-refractivity contribution in [3.8, 4) is 0 Å². The van der Waals surface area contributed by atoms with Gasteiger partial charge >= 0.3 is 0 Å². The van der Waals surface area contributed by atoms with Gasteiger partial charge < -0.3 is 4.74 Å². The van der Waals surface area contributed by atoms with Crippen LogP contribution in [-0.2, 0) is 9.53 Å². The molecule has 1 aromatic rings. The first-order valence-corrected chi connectivity index (χ1v) is 8.64. The Morgan fingerprint density at radius 3 is 2.67 bits per heavy atom. The lowest BCUT2D eigenvalue weighted by Gasteiger charge is -2.42. The van der Waals surface area contributed by atoms with Gasteiger partial charge in [-0.1, -0.05) is 43.7 Å². The van der Waals surface area contributed by atoms with Crippen molar-refractivity contribution < 1.29 is 14.5 Å². The van der Waals surface area contributed by atoms with Crippen LogP contribution >= 0.6 is 0 Å². The molecule has 0 aromatic heterocycles. The average Bonchev–Trinajstić information content (AvgIpc) is 2.62. The number of rotatable bonds is 7. The van der Waals surface area contributed by atoms with Gasteiger partial charge in [0, 0.05) is 23.7 Å². The van der Waals surface area contributed by atoms with E-state index in [1.54, 1.807) is 0 Å². The minimum Gasteiger partial charge on any atom is -0.353 e. The fourth-order valence-electron chi connectivity index (χ4n) is 3.95. The van der Waals surface area contributed by atoms with E-state index in [0.717, 1.165) is 24.8 Å². The predicted molar refractivity (Wildman–Crippen MR) is 89.6 cm³/mol. The number of ketones is 1. The summed E-state index contributed by atoms with van der Waals surface area (Å²) in [6.07, 6.45) is 3.97. The largest absolute Gasteiger partial charge is 0.353 e. The van der Waals surface area contributed by atoms with Gasteiger partial charge in [-0.05, 0) is 30.7 Å². The number of benzene rings is 1. The zero-order valence-electron chi connectivity index (χ0n) is 13.7. The monoisotopic (exact) mass is 329 g/mol. The third-order valence-electron chi connectivity index (χ3n) is 5.20. The Hall–Kier alpha value is -1.75. The first-order chi connectivity index (χ1) is 11.6. The topological polar surface area (TPSA) is 69.4 Å². The van der Waals surface area contributed by atoms with Crippen LogP contribution in [0.5, 0.6) is 0 Å². The molecule has 5 heteroatoms. The Labute approximate surface area is 142 Å². The minimum atomic E-state index is -0.662.